The third-order valence-corrected chi connectivity index (χ3v) is 2.35. The van der Waals surface area contributed by atoms with Crippen molar-refractivity contribution >= 4 is 14.5 Å². The summed E-state index contributed by atoms with van der Waals surface area (Å²) >= 11 is 0. The van der Waals surface area contributed by atoms with Crippen LogP contribution >= 0.6 is 9.24 Å². The number of halogens is 1. The molecule has 0 saturated heterocycles. The molecule has 0 bridgehead atoms. The molecule has 13 heavy (non-hydrogen) atoms. The molecule has 3 heteroatoms. The quantitative estimate of drug-likeness (QED) is 0.631. The van der Waals surface area contributed by atoms with E-state index in [9.17, 15) is 4.39 Å². The molecule has 0 aliphatic rings. The van der Waals surface area contributed by atoms with Crippen LogP contribution in [0.2, 0.25) is 0 Å². The minimum atomic E-state index is -0.293. The highest BCUT2D eigenvalue weighted by atomic mass is 31.0. The Hall–Kier alpha value is -0.930. The van der Waals surface area contributed by atoms with E-state index in [2.05, 4.69) is 9.24 Å². The highest BCUT2D eigenvalue weighted by Gasteiger charge is 2.11. The average molecular weight is 195 g/mol. The van der Waals surface area contributed by atoms with Crippen LogP contribution < -0.4 is 5.30 Å². The lowest BCUT2D eigenvalue weighted by Crippen LogP contribution is -2.08. The van der Waals surface area contributed by atoms with Crippen molar-refractivity contribution in [2.24, 2.45) is 0 Å². The summed E-state index contributed by atoms with van der Waals surface area (Å²) < 4.78 is 13.4. The monoisotopic (exact) mass is 195 g/mol. The van der Waals surface area contributed by atoms with Gasteiger partial charge in [-0.25, -0.2) is 4.39 Å². The maximum absolute atomic E-state index is 13.4. The minimum Gasteiger partial charge on any atom is -0.207 e. The van der Waals surface area contributed by atoms with Gasteiger partial charge in [0.15, 0.2) is 0 Å². The van der Waals surface area contributed by atoms with Crippen LogP contribution in [0.1, 0.15) is 30.9 Å². The molecule has 0 radical (unpaired) electrons. The number of nitrogens with zero attached hydrogens (tertiary/aromatic N) is 1. The zero-order valence-electron chi connectivity index (χ0n) is 7.63. The Morgan fingerprint density at radius 2 is 2.08 bits per heavy atom. The molecule has 0 saturated carbocycles. The lowest BCUT2D eigenvalue weighted by molar-refractivity contribution is 0.600. The molecule has 1 aromatic carbocycles. The SMILES string of the molecule is CC(C)c1c(F)cc(C#N)cc1P. The fraction of sp³-hybridized carbons (Fsp3) is 0.300. The Bertz CT molecular complexity index is 343. The zero-order chi connectivity index (χ0) is 10.0. The van der Waals surface area contributed by atoms with Crippen LogP contribution in [0, 0.1) is 17.1 Å². The van der Waals surface area contributed by atoms with Crippen LogP contribution in [0.5, 0.6) is 0 Å². The third-order valence-electron chi connectivity index (χ3n) is 1.87. The maximum Gasteiger partial charge on any atom is 0.128 e. The Morgan fingerprint density at radius 1 is 1.46 bits per heavy atom. The van der Waals surface area contributed by atoms with E-state index in [1.807, 2.05) is 19.9 Å². The van der Waals surface area contributed by atoms with Crippen molar-refractivity contribution in [3.8, 4) is 6.07 Å². The molecule has 0 spiro atoms. The van der Waals surface area contributed by atoms with E-state index < -0.39 is 0 Å². The van der Waals surface area contributed by atoms with Gasteiger partial charge in [0.05, 0.1) is 11.6 Å². The standard InChI is InChI=1S/C10H11FNP/c1-6(2)10-8(11)3-7(5-12)4-9(10)13/h3-4,6H,13H2,1-2H3. The van der Waals surface area contributed by atoms with Gasteiger partial charge in [0.25, 0.3) is 0 Å². The molecule has 1 rings (SSSR count). The van der Waals surface area contributed by atoms with Crippen LogP contribution in [0.3, 0.4) is 0 Å². The summed E-state index contributed by atoms with van der Waals surface area (Å²) in [5.74, 6) is -0.153. The molecule has 0 amide bonds. The van der Waals surface area contributed by atoms with Crippen molar-refractivity contribution in [3.05, 3.63) is 29.1 Å². The normalized spacial score (nSPS) is 10.2. The van der Waals surface area contributed by atoms with Gasteiger partial charge in [0.1, 0.15) is 5.82 Å². The number of hydrogen-bond donors (Lipinski definition) is 0. The number of rotatable bonds is 1. The van der Waals surface area contributed by atoms with E-state index in [-0.39, 0.29) is 11.7 Å². The molecule has 1 nitrogen and oxygen atoms in total. The topological polar surface area (TPSA) is 23.8 Å². The summed E-state index contributed by atoms with van der Waals surface area (Å²) in [6, 6.07) is 4.89. The molecule has 0 heterocycles. The molecular formula is C10H11FNP. The predicted molar refractivity (Wildman–Crippen MR) is 54.5 cm³/mol. The predicted octanol–water partition coefficient (Wildman–Crippen LogP) is 2.32. The lowest BCUT2D eigenvalue weighted by Gasteiger charge is -2.10. The summed E-state index contributed by atoms with van der Waals surface area (Å²) in [5.41, 5.74) is 1.04. The average Bonchev–Trinajstić information content (AvgIpc) is 2.02. The number of nitriles is 1. The van der Waals surface area contributed by atoms with Crippen molar-refractivity contribution in [1.29, 1.82) is 5.26 Å². The first-order chi connectivity index (χ1) is 6.06. The molecule has 0 aromatic heterocycles. The number of hydrogen-bond acceptors (Lipinski definition) is 1. The van der Waals surface area contributed by atoms with Crippen LogP contribution in [0.4, 0.5) is 4.39 Å². The van der Waals surface area contributed by atoms with Crippen LogP contribution in [0.25, 0.3) is 0 Å². The summed E-state index contributed by atoms with van der Waals surface area (Å²) in [7, 11) is 2.46. The Kier molecular flexibility index (Phi) is 3.01. The zero-order valence-corrected chi connectivity index (χ0v) is 8.79. The van der Waals surface area contributed by atoms with Crippen LogP contribution in [0.15, 0.2) is 12.1 Å². The molecule has 0 N–H and O–H groups in total. The van der Waals surface area contributed by atoms with Gasteiger partial charge >= 0.3 is 0 Å². The van der Waals surface area contributed by atoms with Gasteiger partial charge in [-0.05, 0) is 28.9 Å². The second kappa shape index (κ2) is 3.85. The van der Waals surface area contributed by atoms with E-state index in [4.69, 9.17) is 5.26 Å². The highest BCUT2D eigenvalue weighted by molar-refractivity contribution is 7.27. The van der Waals surface area contributed by atoms with E-state index >= 15 is 0 Å². The first-order valence-electron chi connectivity index (χ1n) is 4.05. The summed E-state index contributed by atoms with van der Waals surface area (Å²) in [6.07, 6.45) is 0. The highest BCUT2D eigenvalue weighted by Crippen LogP contribution is 2.19. The van der Waals surface area contributed by atoms with Gasteiger partial charge in [0.2, 0.25) is 0 Å². The van der Waals surface area contributed by atoms with Crippen molar-refractivity contribution in [2.45, 2.75) is 19.8 Å². The Labute approximate surface area is 79.8 Å². The largest absolute Gasteiger partial charge is 0.207 e. The van der Waals surface area contributed by atoms with Crippen molar-refractivity contribution in [3.63, 3.8) is 0 Å². The van der Waals surface area contributed by atoms with Gasteiger partial charge in [-0.1, -0.05) is 13.8 Å². The smallest absolute Gasteiger partial charge is 0.128 e. The molecule has 0 aliphatic heterocycles. The molecular weight excluding hydrogens is 184 g/mol. The van der Waals surface area contributed by atoms with Gasteiger partial charge in [-0.3, -0.25) is 0 Å². The minimum absolute atomic E-state index is 0.139. The first-order valence-corrected chi connectivity index (χ1v) is 4.63. The summed E-state index contributed by atoms with van der Waals surface area (Å²) in [4.78, 5) is 0. The van der Waals surface area contributed by atoms with Gasteiger partial charge in [-0.2, -0.15) is 5.26 Å². The van der Waals surface area contributed by atoms with E-state index in [1.165, 1.54) is 6.07 Å². The molecule has 68 valence electrons. The Balaban J connectivity index is 3.33. The number of benzene rings is 1. The van der Waals surface area contributed by atoms with E-state index in [1.54, 1.807) is 6.07 Å². The van der Waals surface area contributed by atoms with Crippen molar-refractivity contribution in [1.82, 2.24) is 0 Å². The van der Waals surface area contributed by atoms with E-state index in [0.717, 1.165) is 5.30 Å². The summed E-state index contributed by atoms with van der Waals surface area (Å²) in [6.45, 7) is 3.86. The van der Waals surface area contributed by atoms with Crippen LogP contribution in [-0.2, 0) is 0 Å². The molecule has 0 fully saturated rings. The van der Waals surface area contributed by atoms with Crippen molar-refractivity contribution < 1.29 is 4.39 Å². The molecule has 1 atom stereocenters. The van der Waals surface area contributed by atoms with Gasteiger partial charge in [-0.15, -0.1) is 9.24 Å². The second-order valence-electron chi connectivity index (χ2n) is 3.23. The Morgan fingerprint density at radius 3 is 2.46 bits per heavy atom. The van der Waals surface area contributed by atoms with Gasteiger partial charge < -0.3 is 0 Å². The molecule has 1 aromatic rings. The summed E-state index contributed by atoms with van der Waals surface area (Å²) in [5, 5.41) is 9.36. The fourth-order valence-electron chi connectivity index (χ4n) is 1.31. The third kappa shape index (κ3) is 2.05. The fourth-order valence-corrected chi connectivity index (χ4v) is 1.96. The second-order valence-corrected chi connectivity index (χ2v) is 3.85. The van der Waals surface area contributed by atoms with Gasteiger partial charge in [0, 0.05) is 0 Å². The van der Waals surface area contributed by atoms with Crippen molar-refractivity contribution in [2.75, 3.05) is 0 Å². The first kappa shape index (κ1) is 10.2. The molecule has 1 unspecified atom stereocenters. The van der Waals surface area contributed by atoms with Crippen LogP contribution in [-0.4, -0.2) is 0 Å². The maximum atomic E-state index is 13.4. The van der Waals surface area contributed by atoms with E-state index in [0.29, 0.717) is 11.1 Å². The lowest BCUT2D eigenvalue weighted by atomic mass is 10.0. The molecule has 0 aliphatic carbocycles.